The molecule has 94 valence electrons. The Labute approximate surface area is 115 Å². The minimum absolute atomic E-state index is 0.286. The highest BCUT2D eigenvalue weighted by Crippen LogP contribution is 2.19. The van der Waals surface area contributed by atoms with Crippen LogP contribution in [-0.4, -0.2) is 18.0 Å². The molecule has 0 atom stereocenters. The van der Waals surface area contributed by atoms with Gasteiger partial charge in [0, 0.05) is 36.9 Å². The molecule has 0 fully saturated rings. The molecule has 0 spiro atoms. The van der Waals surface area contributed by atoms with Gasteiger partial charge in [-0.05, 0) is 17.7 Å². The summed E-state index contributed by atoms with van der Waals surface area (Å²) in [7, 11) is 0. The van der Waals surface area contributed by atoms with E-state index in [1.54, 1.807) is 6.07 Å². The van der Waals surface area contributed by atoms with Crippen molar-refractivity contribution in [2.24, 2.45) is 0 Å². The lowest BCUT2D eigenvalue weighted by Gasteiger charge is -2.20. The largest absolute Gasteiger partial charge is 0.297 e. The summed E-state index contributed by atoms with van der Waals surface area (Å²) in [4.78, 5) is 2.02. The molecule has 18 heavy (non-hydrogen) atoms. The predicted molar refractivity (Wildman–Crippen MR) is 69.8 cm³/mol. The summed E-state index contributed by atoms with van der Waals surface area (Å²) < 4.78 is 13.7. The monoisotopic (exact) mass is 309 g/mol. The lowest BCUT2D eigenvalue weighted by molar-refractivity contribution is 0.277. The Balaban J connectivity index is 2.69. The third kappa shape index (κ3) is 4.83. The zero-order valence-corrected chi connectivity index (χ0v) is 11.5. The Morgan fingerprint density at radius 2 is 1.78 bits per heavy atom. The molecular weight excluding hydrogens is 297 g/mol. The molecule has 1 aromatic carbocycles. The van der Waals surface area contributed by atoms with Crippen LogP contribution in [0.2, 0.25) is 0 Å². The van der Waals surface area contributed by atoms with Gasteiger partial charge in [0.1, 0.15) is 5.82 Å². The fraction of sp³-hybridized carbons (Fsp3) is 0.385. The van der Waals surface area contributed by atoms with Gasteiger partial charge in [-0.25, -0.2) is 4.39 Å². The van der Waals surface area contributed by atoms with Crippen molar-refractivity contribution in [3.8, 4) is 12.1 Å². The van der Waals surface area contributed by atoms with Crippen LogP contribution in [0.4, 0.5) is 4.39 Å². The quantitative estimate of drug-likeness (QED) is 0.810. The highest BCUT2D eigenvalue weighted by Gasteiger charge is 2.08. The van der Waals surface area contributed by atoms with Crippen molar-refractivity contribution < 1.29 is 4.39 Å². The molecule has 0 aromatic heterocycles. The van der Waals surface area contributed by atoms with Crippen LogP contribution in [0.1, 0.15) is 18.4 Å². The predicted octanol–water partition coefficient (Wildman–Crippen LogP) is 3.22. The van der Waals surface area contributed by atoms with Gasteiger partial charge in [0.25, 0.3) is 0 Å². The zero-order chi connectivity index (χ0) is 13.4. The summed E-state index contributed by atoms with van der Waals surface area (Å²) in [6.45, 7) is 1.83. The summed E-state index contributed by atoms with van der Waals surface area (Å²) in [6.07, 6.45) is 0.842. The number of hydrogen-bond acceptors (Lipinski definition) is 3. The number of halogens is 2. The second-order valence-corrected chi connectivity index (χ2v) is 4.68. The summed E-state index contributed by atoms with van der Waals surface area (Å²) in [5, 5.41) is 17.2. The van der Waals surface area contributed by atoms with Crippen LogP contribution in [0.5, 0.6) is 0 Å². The van der Waals surface area contributed by atoms with Crippen molar-refractivity contribution in [2.45, 2.75) is 19.4 Å². The third-order valence-electron chi connectivity index (χ3n) is 2.49. The molecule has 1 aromatic rings. The Morgan fingerprint density at radius 1 is 1.17 bits per heavy atom. The van der Waals surface area contributed by atoms with Crippen LogP contribution in [0, 0.1) is 28.5 Å². The Morgan fingerprint density at radius 3 is 2.28 bits per heavy atom. The molecule has 0 amide bonds. The fourth-order valence-electron chi connectivity index (χ4n) is 1.58. The fourth-order valence-corrected chi connectivity index (χ4v) is 2.05. The smallest absolute Gasteiger partial charge is 0.124 e. The molecule has 0 bridgehead atoms. The number of rotatable bonds is 6. The minimum atomic E-state index is -0.286. The second kappa shape index (κ2) is 7.81. The Hall–Kier alpha value is -1.43. The number of nitrogens with zero attached hydrogens (tertiary/aromatic N) is 3. The van der Waals surface area contributed by atoms with Crippen molar-refractivity contribution in [3.63, 3.8) is 0 Å². The van der Waals surface area contributed by atoms with Gasteiger partial charge in [0.15, 0.2) is 0 Å². The first-order valence-electron chi connectivity index (χ1n) is 5.57. The maximum atomic E-state index is 13.0. The van der Waals surface area contributed by atoms with Crippen molar-refractivity contribution >= 4 is 15.9 Å². The summed E-state index contributed by atoms with van der Waals surface area (Å²) in [5.74, 6) is -0.286. The SMILES string of the molecule is N#CCCN(CCC#N)Cc1ccc(F)cc1Br. The van der Waals surface area contributed by atoms with E-state index < -0.39 is 0 Å². The van der Waals surface area contributed by atoms with E-state index >= 15 is 0 Å². The molecule has 0 N–H and O–H groups in total. The van der Waals surface area contributed by atoms with Crippen molar-refractivity contribution in [1.29, 1.82) is 10.5 Å². The molecule has 0 saturated carbocycles. The first-order chi connectivity index (χ1) is 8.67. The van der Waals surface area contributed by atoms with Crippen molar-refractivity contribution in [3.05, 3.63) is 34.1 Å². The molecule has 0 saturated heterocycles. The molecular formula is C13H13BrFN3. The van der Waals surface area contributed by atoms with Gasteiger partial charge >= 0.3 is 0 Å². The molecule has 0 aliphatic heterocycles. The van der Waals surface area contributed by atoms with E-state index in [2.05, 4.69) is 28.1 Å². The lowest BCUT2D eigenvalue weighted by Crippen LogP contribution is -2.25. The van der Waals surface area contributed by atoms with Gasteiger partial charge in [-0.15, -0.1) is 0 Å². The standard InChI is InChI=1S/C13H13BrFN3/c14-13-9-12(15)4-3-11(13)10-18(7-1-5-16)8-2-6-17/h3-4,9H,1-2,7-8,10H2. The van der Waals surface area contributed by atoms with Gasteiger partial charge in [0.05, 0.1) is 12.1 Å². The third-order valence-corrected chi connectivity index (χ3v) is 3.23. The van der Waals surface area contributed by atoms with Crippen LogP contribution >= 0.6 is 15.9 Å². The molecule has 3 nitrogen and oxygen atoms in total. The van der Waals surface area contributed by atoms with E-state index in [0.29, 0.717) is 36.9 Å². The topological polar surface area (TPSA) is 50.8 Å². The first kappa shape index (κ1) is 14.6. The summed E-state index contributed by atoms with van der Waals surface area (Å²) in [6, 6.07) is 8.72. The molecule has 0 aliphatic rings. The average Bonchev–Trinajstić information content (AvgIpc) is 2.35. The van der Waals surface area contributed by atoms with E-state index in [1.807, 2.05) is 4.90 Å². The normalized spacial score (nSPS) is 10.1. The highest BCUT2D eigenvalue weighted by molar-refractivity contribution is 9.10. The van der Waals surface area contributed by atoms with Crippen molar-refractivity contribution in [2.75, 3.05) is 13.1 Å². The van der Waals surface area contributed by atoms with E-state index in [9.17, 15) is 4.39 Å². The van der Waals surface area contributed by atoms with E-state index in [4.69, 9.17) is 10.5 Å². The minimum Gasteiger partial charge on any atom is -0.297 e. The average molecular weight is 310 g/mol. The molecule has 0 radical (unpaired) electrons. The zero-order valence-electron chi connectivity index (χ0n) is 9.87. The van der Waals surface area contributed by atoms with Crippen LogP contribution in [0.25, 0.3) is 0 Å². The van der Waals surface area contributed by atoms with E-state index in [1.165, 1.54) is 12.1 Å². The molecule has 0 aliphatic carbocycles. The van der Waals surface area contributed by atoms with Gasteiger partial charge in [-0.3, -0.25) is 4.90 Å². The molecule has 5 heteroatoms. The number of nitriles is 2. The maximum Gasteiger partial charge on any atom is 0.124 e. The van der Waals surface area contributed by atoms with Gasteiger partial charge in [0.2, 0.25) is 0 Å². The van der Waals surface area contributed by atoms with Crippen LogP contribution in [-0.2, 0) is 6.54 Å². The Kier molecular flexibility index (Phi) is 6.35. The molecule has 0 heterocycles. The van der Waals surface area contributed by atoms with Gasteiger partial charge in [-0.1, -0.05) is 22.0 Å². The lowest BCUT2D eigenvalue weighted by atomic mass is 10.2. The number of hydrogen-bond donors (Lipinski definition) is 0. The highest BCUT2D eigenvalue weighted by atomic mass is 79.9. The number of benzene rings is 1. The van der Waals surface area contributed by atoms with E-state index in [0.717, 1.165) is 5.56 Å². The van der Waals surface area contributed by atoms with Gasteiger partial charge < -0.3 is 0 Å². The van der Waals surface area contributed by atoms with Crippen molar-refractivity contribution in [1.82, 2.24) is 4.90 Å². The van der Waals surface area contributed by atoms with Crippen LogP contribution in [0.3, 0.4) is 0 Å². The molecule has 0 unspecified atom stereocenters. The van der Waals surface area contributed by atoms with Gasteiger partial charge in [-0.2, -0.15) is 10.5 Å². The van der Waals surface area contributed by atoms with Crippen LogP contribution < -0.4 is 0 Å². The Bertz CT molecular complexity index is 458. The van der Waals surface area contributed by atoms with Crippen LogP contribution in [0.15, 0.2) is 22.7 Å². The van der Waals surface area contributed by atoms with E-state index in [-0.39, 0.29) is 5.82 Å². The second-order valence-electron chi connectivity index (χ2n) is 3.83. The summed E-state index contributed by atoms with van der Waals surface area (Å²) in [5.41, 5.74) is 0.951. The summed E-state index contributed by atoms with van der Waals surface area (Å²) >= 11 is 3.32. The first-order valence-corrected chi connectivity index (χ1v) is 6.37. The maximum absolute atomic E-state index is 13.0. The molecule has 1 rings (SSSR count).